The van der Waals surface area contributed by atoms with Crippen LogP contribution in [0.25, 0.3) is 0 Å². The van der Waals surface area contributed by atoms with Gasteiger partial charge in [0.25, 0.3) is 0 Å². The third-order valence-electron chi connectivity index (χ3n) is 6.25. The summed E-state index contributed by atoms with van der Waals surface area (Å²) in [6, 6.07) is 0. The molecule has 0 bridgehead atoms. The quantitative estimate of drug-likeness (QED) is 0.176. The number of aliphatic hydroxyl groups is 3. The Labute approximate surface area is 191 Å². The van der Waals surface area contributed by atoms with Gasteiger partial charge in [-0.2, -0.15) is 0 Å². The standard InChI is InChI=1S/C26H50O5/c1-2-3-4-5-6-7-8-9-10-11-12-13-14-15-16-17-18-19-20-30-24-22-31-23(21-27)25(28)26(24)29/h12-13,23-29H,2-11,14-22H2,1H3/b13-12+/t23-,24+,25-,26-/m1/s1. The lowest BCUT2D eigenvalue weighted by atomic mass is 10.0. The molecule has 0 spiro atoms. The van der Waals surface area contributed by atoms with E-state index >= 15 is 0 Å². The molecule has 0 aliphatic carbocycles. The summed E-state index contributed by atoms with van der Waals surface area (Å²) in [4.78, 5) is 0. The van der Waals surface area contributed by atoms with Crippen molar-refractivity contribution < 1.29 is 24.8 Å². The highest BCUT2D eigenvalue weighted by Crippen LogP contribution is 2.18. The van der Waals surface area contributed by atoms with Gasteiger partial charge in [-0.15, -0.1) is 0 Å². The van der Waals surface area contributed by atoms with Gasteiger partial charge in [0, 0.05) is 6.61 Å². The van der Waals surface area contributed by atoms with Crippen LogP contribution in [0.4, 0.5) is 0 Å². The molecular formula is C26H50O5. The first-order valence-corrected chi connectivity index (χ1v) is 13.1. The van der Waals surface area contributed by atoms with Crippen LogP contribution in [-0.4, -0.2) is 59.6 Å². The number of rotatable bonds is 20. The van der Waals surface area contributed by atoms with Crippen molar-refractivity contribution >= 4 is 0 Å². The highest BCUT2D eigenvalue weighted by Gasteiger charge is 2.38. The van der Waals surface area contributed by atoms with Crippen molar-refractivity contribution in [2.75, 3.05) is 19.8 Å². The summed E-state index contributed by atoms with van der Waals surface area (Å²) in [7, 11) is 0. The molecule has 0 aromatic heterocycles. The summed E-state index contributed by atoms with van der Waals surface area (Å²) in [5, 5.41) is 28.9. The molecule has 5 heteroatoms. The molecule has 1 saturated heterocycles. The van der Waals surface area contributed by atoms with Crippen LogP contribution in [0.5, 0.6) is 0 Å². The lowest BCUT2D eigenvalue weighted by Crippen LogP contribution is -2.55. The van der Waals surface area contributed by atoms with Gasteiger partial charge in [-0.3, -0.25) is 0 Å². The van der Waals surface area contributed by atoms with E-state index in [2.05, 4.69) is 19.1 Å². The lowest BCUT2D eigenvalue weighted by Gasteiger charge is -2.36. The number of unbranched alkanes of at least 4 members (excludes halogenated alkanes) is 14. The van der Waals surface area contributed by atoms with Crippen LogP contribution in [0.3, 0.4) is 0 Å². The van der Waals surface area contributed by atoms with Crippen molar-refractivity contribution in [3.05, 3.63) is 12.2 Å². The molecule has 1 fully saturated rings. The number of aliphatic hydroxyl groups excluding tert-OH is 3. The van der Waals surface area contributed by atoms with Crippen LogP contribution < -0.4 is 0 Å². The lowest BCUT2D eigenvalue weighted by molar-refractivity contribution is -0.208. The fourth-order valence-corrected chi connectivity index (χ4v) is 4.10. The molecule has 0 saturated carbocycles. The minimum atomic E-state index is -1.09. The van der Waals surface area contributed by atoms with Crippen molar-refractivity contribution in [1.82, 2.24) is 0 Å². The second-order valence-corrected chi connectivity index (χ2v) is 9.09. The highest BCUT2D eigenvalue weighted by atomic mass is 16.6. The topological polar surface area (TPSA) is 79.2 Å². The van der Waals surface area contributed by atoms with Crippen LogP contribution in [0.1, 0.15) is 110 Å². The van der Waals surface area contributed by atoms with Crippen LogP contribution in [-0.2, 0) is 9.47 Å². The van der Waals surface area contributed by atoms with Crippen molar-refractivity contribution in [2.45, 2.75) is 134 Å². The summed E-state index contributed by atoms with van der Waals surface area (Å²) < 4.78 is 11.0. The van der Waals surface area contributed by atoms with Gasteiger partial charge in [0.2, 0.25) is 0 Å². The molecule has 0 aromatic rings. The Bertz CT molecular complexity index is 415. The first kappa shape index (κ1) is 28.6. The average molecular weight is 443 g/mol. The van der Waals surface area contributed by atoms with E-state index in [9.17, 15) is 10.2 Å². The molecule has 184 valence electrons. The minimum absolute atomic E-state index is 0.217. The Kier molecular flexibility index (Phi) is 18.6. The number of ether oxygens (including phenoxy) is 2. The first-order chi connectivity index (χ1) is 15.2. The molecule has 0 radical (unpaired) electrons. The molecule has 1 aliphatic rings. The van der Waals surface area contributed by atoms with E-state index in [1.165, 1.54) is 89.9 Å². The molecular weight excluding hydrogens is 392 g/mol. The predicted octanol–water partition coefficient (Wildman–Crippen LogP) is 5.30. The largest absolute Gasteiger partial charge is 0.394 e. The smallest absolute Gasteiger partial charge is 0.111 e. The normalized spacial score (nSPS) is 24.3. The summed E-state index contributed by atoms with van der Waals surface area (Å²) in [6.45, 7) is 2.77. The molecule has 1 aliphatic heterocycles. The Morgan fingerprint density at radius 1 is 0.742 bits per heavy atom. The van der Waals surface area contributed by atoms with Gasteiger partial charge in [0.1, 0.15) is 24.4 Å². The zero-order valence-electron chi connectivity index (χ0n) is 20.1. The van der Waals surface area contributed by atoms with E-state index in [0.29, 0.717) is 6.61 Å². The first-order valence-electron chi connectivity index (χ1n) is 13.1. The van der Waals surface area contributed by atoms with E-state index in [0.717, 1.165) is 12.8 Å². The Morgan fingerprint density at radius 2 is 1.26 bits per heavy atom. The van der Waals surface area contributed by atoms with Crippen LogP contribution in [0.2, 0.25) is 0 Å². The van der Waals surface area contributed by atoms with Gasteiger partial charge in [0.15, 0.2) is 0 Å². The molecule has 0 aromatic carbocycles. The number of hydrogen-bond acceptors (Lipinski definition) is 5. The molecule has 4 atom stereocenters. The molecule has 5 nitrogen and oxygen atoms in total. The van der Waals surface area contributed by atoms with E-state index in [-0.39, 0.29) is 13.2 Å². The second-order valence-electron chi connectivity index (χ2n) is 9.09. The molecule has 1 heterocycles. The molecule has 0 amide bonds. The highest BCUT2D eigenvalue weighted by molar-refractivity contribution is 4.87. The van der Waals surface area contributed by atoms with Gasteiger partial charge in [0.05, 0.1) is 13.2 Å². The second kappa shape index (κ2) is 20.2. The van der Waals surface area contributed by atoms with E-state index in [1.807, 2.05) is 0 Å². The molecule has 0 unspecified atom stereocenters. The van der Waals surface area contributed by atoms with Crippen LogP contribution in [0, 0.1) is 0 Å². The molecule has 31 heavy (non-hydrogen) atoms. The fraction of sp³-hybridized carbons (Fsp3) is 0.923. The predicted molar refractivity (Wildman–Crippen MR) is 127 cm³/mol. The monoisotopic (exact) mass is 442 g/mol. The van der Waals surface area contributed by atoms with Crippen molar-refractivity contribution in [2.24, 2.45) is 0 Å². The van der Waals surface area contributed by atoms with Crippen molar-refractivity contribution in [1.29, 1.82) is 0 Å². The summed E-state index contributed by atoms with van der Waals surface area (Å²) in [5.41, 5.74) is 0. The number of hydrogen-bond donors (Lipinski definition) is 3. The van der Waals surface area contributed by atoms with Gasteiger partial charge >= 0.3 is 0 Å². The molecule has 1 rings (SSSR count). The minimum Gasteiger partial charge on any atom is -0.394 e. The Morgan fingerprint density at radius 3 is 1.81 bits per heavy atom. The number of allylic oxidation sites excluding steroid dienone is 2. The maximum atomic E-state index is 10.0. The summed E-state index contributed by atoms with van der Waals surface area (Å²) in [6.07, 6.45) is 22.2. The van der Waals surface area contributed by atoms with E-state index in [4.69, 9.17) is 14.6 Å². The van der Waals surface area contributed by atoms with Gasteiger partial charge < -0.3 is 24.8 Å². The maximum Gasteiger partial charge on any atom is 0.111 e. The van der Waals surface area contributed by atoms with E-state index in [1.54, 1.807) is 0 Å². The third kappa shape index (κ3) is 14.3. The van der Waals surface area contributed by atoms with E-state index < -0.39 is 24.4 Å². The van der Waals surface area contributed by atoms with Crippen molar-refractivity contribution in [3.63, 3.8) is 0 Å². The van der Waals surface area contributed by atoms with Crippen LogP contribution >= 0.6 is 0 Å². The average Bonchev–Trinajstić information content (AvgIpc) is 2.78. The Balaban J connectivity index is 1.81. The summed E-state index contributed by atoms with van der Waals surface area (Å²) in [5.74, 6) is 0. The van der Waals surface area contributed by atoms with Crippen molar-refractivity contribution in [3.8, 4) is 0 Å². The van der Waals surface area contributed by atoms with Crippen LogP contribution in [0.15, 0.2) is 12.2 Å². The SMILES string of the molecule is CCCCCCCCCCC/C=C/CCCCCCCO[C@H]1CO[C@H](CO)[C@@H](O)[C@@H]1O. The third-order valence-corrected chi connectivity index (χ3v) is 6.25. The molecule has 3 N–H and O–H groups in total. The zero-order valence-corrected chi connectivity index (χ0v) is 20.1. The zero-order chi connectivity index (χ0) is 22.6. The fourth-order valence-electron chi connectivity index (χ4n) is 4.10. The maximum absolute atomic E-state index is 10.0. The summed E-state index contributed by atoms with van der Waals surface area (Å²) >= 11 is 0. The van der Waals surface area contributed by atoms with Gasteiger partial charge in [-0.25, -0.2) is 0 Å². The van der Waals surface area contributed by atoms with Gasteiger partial charge in [-0.1, -0.05) is 89.7 Å². The Hall–Kier alpha value is -0.460. The van der Waals surface area contributed by atoms with Gasteiger partial charge in [-0.05, 0) is 32.1 Å².